The predicted octanol–water partition coefficient (Wildman–Crippen LogP) is 0.499. The number of rotatable bonds is 3. The number of nitrogens with one attached hydrogen (secondary N) is 1. The minimum absolute atomic E-state index is 0.0789. The number of carbonyl (C=O) groups is 1. The number of ether oxygens (including phenoxy) is 1. The number of hydrogen-bond acceptors (Lipinski definition) is 6. The van der Waals surface area contributed by atoms with Crippen LogP contribution in [0.3, 0.4) is 0 Å². The normalized spacial score (nSPS) is 11.0. The Morgan fingerprint density at radius 2 is 2.18 bits per heavy atom. The molecule has 3 N–H and O–H groups in total. The van der Waals surface area contributed by atoms with Crippen molar-refractivity contribution in [2.45, 2.75) is 0 Å². The number of fused-ring (bicyclic) bond motifs is 2. The average molecular weight is 322 g/mol. The molecule has 0 atom stereocenters. The molecule has 0 spiro atoms. The minimum atomic E-state index is -0.821. The lowest BCUT2D eigenvalue weighted by molar-refractivity contribution is -0.119. The van der Waals surface area contributed by atoms with Crippen LogP contribution in [0.5, 0.6) is 5.75 Å². The zero-order valence-corrected chi connectivity index (χ0v) is 11.6. The molecule has 0 fully saturated rings. The number of primary amides is 1. The molecule has 0 bridgehead atoms. The van der Waals surface area contributed by atoms with Gasteiger partial charge >= 0.3 is 5.69 Å². The lowest BCUT2D eigenvalue weighted by atomic mass is 10.1. The Morgan fingerprint density at radius 1 is 1.41 bits per heavy atom. The summed E-state index contributed by atoms with van der Waals surface area (Å²) in [6.45, 7) is -0.346. The standard InChI is InChI=1S/C13H8ClN3O5/c14-9-7(21-4-8(15)18)2-1-5-3-6-11(19)16-13(20)17-12(6)22-10(5)9/h1-3H,4H2,(H2,15,18)(H,16,19,20). The summed E-state index contributed by atoms with van der Waals surface area (Å²) in [4.78, 5) is 39.3. The third kappa shape index (κ3) is 2.40. The fourth-order valence-electron chi connectivity index (χ4n) is 1.93. The summed E-state index contributed by atoms with van der Waals surface area (Å²) in [6, 6.07) is 4.59. The molecule has 0 unspecified atom stereocenters. The zero-order valence-electron chi connectivity index (χ0n) is 10.9. The second-order valence-corrected chi connectivity index (χ2v) is 4.77. The molecule has 2 heterocycles. The Hall–Kier alpha value is -2.87. The van der Waals surface area contributed by atoms with Gasteiger partial charge in [-0.25, -0.2) is 4.79 Å². The molecule has 22 heavy (non-hydrogen) atoms. The molecule has 0 saturated carbocycles. The average Bonchev–Trinajstić information content (AvgIpc) is 2.45. The Morgan fingerprint density at radius 3 is 2.91 bits per heavy atom. The maximum Gasteiger partial charge on any atom is 0.351 e. The molecule has 2 aliphatic heterocycles. The second-order valence-electron chi connectivity index (χ2n) is 4.39. The maximum atomic E-state index is 11.7. The summed E-state index contributed by atoms with van der Waals surface area (Å²) >= 11 is 6.14. The number of hydrogen-bond donors (Lipinski definition) is 2. The van der Waals surface area contributed by atoms with Gasteiger partial charge < -0.3 is 14.9 Å². The van der Waals surface area contributed by atoms with Crippen LogP contribution in [0.2, 0.25) is 5.02 Å². The fraction of sp³-hybridized carbons (Fsp3) is 0.0769. The summed E-state index contributed by atoms with van der Waals surface area (Å²) in [5.74, 6) is -0.616. The molecular formula is C13H8ClN3O5. The van der Waals surface area contributed by atoms with E-state index in [1.54, 1.807) is 6.07 Å². The van der Waals surface area contributed by atoms with E-state index in [0.29, 0.717) is 5.39 Å². The highest BCUT2D eigenvalue weighted by atomic mass is 35.5. The Balaban J connectivity index is 2.24. The van der Waals surface area contributed by atoms with Gasteiger partial charge in [-0.1, -0.05) is 11.6 Å². The Bertz CT molecular complexity index is 978. The molecule has 0 radical (unpaired) electrons. The van der Waals surface area contributed by atoms with Gasteiger partial charge in [0, 0.05) is 5.39 Å². The van der Waals surface area contributed by atoms with Gasteiger partial charge in [0.15, 0.2) is 12.2 Å². The second kappa shape index (κ2) is 5.15. The van der Waals surface area contributed by atoms with E-state index in [4.69, 9.17) is 26.5 Å². The van der Waals surface area contributed by atoms with Gasteiger partial charge in [-0.15, -0.1) is 0 Å². The van der Waals surface area contributed by atoms with Crippen LogP contribution in [-0.4, -0.2) is 22.5 Å². The van der Waals surface area contributed by atoms with Crippen LogP contribution in [0, 0.1) is 0 Å². The highest BCUT2D eigenvalue weighted by Gasteiger charge is 2.17. The molecule has 3 rings (SSSR count). The van der Waals surface area contributed by atoms with Crippen LogP contribution in [-0.2, 0) is 4.79 Å². The van der Waals surface area contributed by atoms with Crippen LogP contribution >= 0.6 is 11.6 Å². The number of H-pyrrole nitrogens is 1. The molecule has 9 heteroatoms. The van der Waals surface area contributed by atoms with E-state index in [9.17, 15) is 14.4 Å². The van der Waals surface area contributed by atoms with Crippen LogP contribution in [0.1, 0.15) is 0 Å². The number of amides is 1. The number of halogens is 1. The van der Waals surface area contributed by atoms with E-state index in [0.717, 1.165) is 0 Å². The van der Waals surface area contributed by atoms with Crippen molar-refractivity contribution in [2.24, 2.45) is 5.73 Å². The van der Waals surface area contributed by atoms with Gasteiger partial charge in [-0.3, -0.25) is 14.6 Å². The van der Waals surface area contributed by atoms with Crippen molar-refractivity contribution in [1.82, 2.24) is 9.97 Å². The van der Waals surface area contributed by atoms with E-state index >= 15 is 0 Å². The largest absolute Gasteiger partial charge is 0.482 e. The summed E-state index contributed by atoms with van der Waals surface area (Å²) in [7, 11) is 0. The summed E-state index contributed by atoms with van der Waals surface area (Å²) in [6.07, 6.45) is 0. The molecule has 2 aliphatic rings. The molecule has 0 aliphatic carbocycles. The molecule has 0 saturated heterocycles. The van der Waals surface area contributed by atoms with Crippen molar-refractivity contribution < 1.29 is 13.9 Å². The van der Waals surface area contributed by atoms with E-state index in [1.807, 2.05) is 4.98 Å². The number of carbonyl (C=O) groups excluding carboxylic acids is 1. The SMILES string of the molecule is NC(=O)COc1ccc2cc3c(=O)[nH]c(=O)nc-3oc2c1Cl. The first kappa shape index (κ1) is 14.1. The van der Waals surface area contributed by atoms with Crippen molar-refractivity contribution in [3.63, 3.8) is 0 Å². The fourth-order valence-corrected chi connectivity index (χ4v) is 2.20. The van der Waals surface area contributed by atoms with Gasteiger partial charge in [-0.2, -0.15) is 4.98 Å². The number of nitrogens with two attached hydrogens (primary N) is 1. The van der Waals surface area contributed by atoms with E-state index < -0.39 is 17.2 Å². The third-order valence-corrected chi connectivity index (χ3v) is 3.22. The smallest absolute Gasteiger partial charge is 0.351 e. The summed E-state index contributed by atoms with van der Waals surface area (Å²) in [5.41, 5.74) is 3.86. The molecule has 1 aromatic carbocycles. The zero-order chi connectivity index (χ0) is 15.9. The quantitative estimate of drug-likeness (QED) is 0.676. The summed E-state index contributed by atoms with van der Waals surface area (Å²) < 4.78 is 10.6. The van der Waals surface area contributed by atoms with E-state index in [1.165, 1.54) is 12.1 Å². The molecule has 112 valence electrons. The van der Waals surface area contributed by atoms with E-state index in [2.05, 4.69) is 4.98 Å². The lowest BCUT2D eigenvalue weighted by Gasteiger charge is -2.09. The van der Waals surface area contributed by atoms with Crippen LogP contribution in [0.25, 0.3) is 22.4 Å². The molecule has 8 nitrogen and oxygen atoms in total. The molecule has 1 aromatic rings. The Labute approximate surface area is 126 Å². The molecular weight excluding hydrogens is 314 g/mol. The molecule has 1 amide bonds. The number of benzene rings is 1. The minimum Gasteiger partial charge on any atom is -0.482 e. The van der Waals surface area contributed by atoms with Crippen LogP contribution in [0.4, 0.5) is 0 Å². The maximum absolute atomic E-state index is 11.7. The monoisotopic (exact) mass is 321 g/mol. The van der Waals surface area contributed by atoms with Crippen molar-refractivity contribution in [3.8, 4) is 17.2 Å². The third-order valence-electron chi connectivity index (χ3n) is 2.86. The first-order chi connectivity index (χ1) is 10.5. The highest BCUT2D eigenvalue weighted by Crippen LogP contribution is 2.35. The lowest BCUT2D eigenvalue weighted by Crippen LogP contribution is -2.24. The van der Waals surface area contributed by atoms with Crippen molar-refractivity contribution in [3.05, 3.63) is 44.1 Å². The first-order valence-corrected chi connectivity index (χ1v) is 6.41. The van der Waals surface area contributed by atoms with Crippen LogP contribution in [0.15, 0.2) is 32.2 Å². The summed E-state index contributed by atoms with van der Waals surface area (Å²) in [5, 5.41) is 0.588. The van der Waals surface area contributed by atoms with Gasteiger partial charge in [0.2, 0.25) is 5.89 Å². The topological polar surface area (TPSA) is 128 Å². The van der Waals surface area contributed by atoms with Gasteiger partial charge in [0.05, 0.1) is 0 Å². The highest BCUT2D eigenvalue weighted by molar-refractivity contribution is 6.36. The van der Waals surface area contributed by atoms with Crippen molar-refractivity contribution in [1.29, 1.82) is 0 Å². The van der Waals surface area contributed by atoms with Crippen molar-refractivity contribution >= 4 is 28.5 Å². The predicted molar refractivity (Wildman–Crippen MR) is 77.2 cm³/mol. The van der Waals surface area contributed by atoms with Crippen LogP contribution < -0.4 is 21.7 Å². The number of nitrogens with zero attached hydrogens (tertiary/aromatic N) is 1. The van der Waals surface area contributed by atoms with Gasteiger partial charge in [0.1, 0.15) is 16.3 Å². The van der Waals surface area contributed by atoms with Gasteiger partial charge in [0.25, 0.3) is 11.5 Å². The number of aromatic amines is 1. The van der Waals surface area contributed by atoms with E-state index in [-0.39, 0.29) is 34.4 Å². The van der Waals surface area contributed by atoms with Gasteiger partial charge in [-0.05, 0) is 18.2 Å². The first-order valence-electron chi connectivity index (χ1n) is 6.03. The number of aromatic nitrogens is 2. The Kier molecular flexibility index (Phi) is 3.30. The molecule has 0 aromatic heterocycles. The van der Waals surface area contributed by atoms with Crippen molar-refractivity contribution in [2.75, 3.05) is 6.61 Å².